The zero-order valence-electron chi connectivity index (χ0n) is 14.0. The van der Waals surface area contributed by atoms with E-state index in [1.807, 2.05) is 49.4 Å². The number of rotatable bonds is 9. The second-order valence-corrected chi connectivity index (χ2v) is 5.92. The Morgan fingerprint density at radius 2 is 1.61 bits per heavy atom. The SMILES string of the molecule is CCCC(NCC[C@H](C)O)c1ccc(Oc2ccccc2)cc1. The fourth-order valence-corrected chi connectivity index (χ4v) is 2.53. The Balaban J connectivity index is 1.97. The molecule has 0 aliphatic rings. The summed E-state index contributed by atoms with van der Waals surface area (Å²) < 4.78 is 5.83. The van der Waals surface area contributed by atoms with Crippen LogP contribution in [0, 0.1) is 0 Å². The molecule has 2 aromatic rings. The van der Waals surface area contributed by atoms with Crippen LogP contribution in [-0.2, 0) is 0 Å². The Kier molecular flexibility index (Phi) is 7.11. The summed E-state index contributed by atoms with van der Waals surface area (Å²) in [6.45, 7) is 4.84. The van der Waals surface area contributed by atoms with Crippen molar-refractivity contribution in [3.05, 3.63) is 60.2 Å². The highest BCUT2D eigenvalue weighted by Gasteiger charge is 2.10. The molecule has 1 unspecified atom stereocenters. The van der Waals surface area contributed by atoms with E-state index in [-0.39, 0.29) is 6.10 Å². The van der Waals surface area contributed by atoms with Crippen LogP contribution in [0.4, 0.5) is 0 Å². The van der Waals surface area contributed by atoms with Gasteiger partial charge in [-0.2, -0.15) is 0 Å². The van der Waals surface area contributed by atoms with E-state index in [0.717, 1.165) is 37.3 Å². The molecule has 2 rings (SSSR count). The van der Waals surface area contributed by atoms with Crippen LogP contribution in [0.2, 0.25) is 0 Å². The molecule has 0 amide bonds. The van der Waals surface area contributed by atoms with Crippen LogP contribution in [0.25, 0.3) is 0 Å². The topological polar surface area (TPSA) is 41.5 Å². The average molecular weight is 313 g/mol. The highest BCUT2D eigenvalue weighted by atomic mass is 16.5. The minimum absolute atomic E-state index is 0.258. The molecule has 0 saturated carbocycles. The normalized spacial score (nSPS) is 13.5. The summed E-state index contributed by atoms with van der Waals surface area (Å²) in [5.74, 6) is 1.69. The van der Waals surface area contributed by atoms with Gasteiger partial charge in [-0.1, -0.05) is 43.7 Å². The fourth-order valence-electron chi connectivity index (χ4n) is 2.53. The van der Waals surface area contributed by atoms with Crippen molar-refractivity contribution in [2.75, 3.05) is 6.54 Å². The van der Waals surface area contributed by atoms with Gasteiger partial charge in [0.1, 0.15) is 11.5 Å². The van der Waals surface area contributed by atoms with Gasteiger partial charge in [0.05, 0.1) is 6.10 Å². The molecule has 0 fully saturated rings. The largest absolute Gasteiger partial charge is 0.457 e. The van der Waals surface area contributed by atoms with Gasteiger partial charge in [-0.25, -0.2) is 0 Å². The van der Waals surface area contributed by atoms with Gasteiger partial charge in [-0.05, 0) is 56.1 Å². The summed E-state index contributed by atoms with van der Waals surface area (Å²) in [6.07, 6.45) is 2.72. The predicted octanol–water partition coefficient (Wildman–Crippen LogP) is 4.68. The first-order chi connectivity index (χ1) is 11.2. The minimum Gasteiger partial charge on any atom is -0.457 e. The lowest BCUT2D eigenvalue weighted by molar-refractivity contribution is 0.182. The zero-order valence-corrected chi connectivity index (χ0v) is 14.0. The van der Waals surface area contributed by atoms with Crippen LogP contribution in [0.3, 0.4) is 0 Å². The smallest absolute Gasteiger partial charge is 0.127 e. The monoisotopic (exact) mass is 313 g/mol. The molecule has 2 aromatic carbocycles. The van der Waals surface area contributed by atoms with Crippen LogP contribution in [0.15, 0.2) is 54.6 Å². The third-order valence-corrected chi connectivity index (χ3v) is 3.79. The molecule has 124 valence electrons. The third kappa shape index (κ3) is 6.05. The van der Waals surface area contributed by atoms with Gasteiger partial charge in [-0.15, -0.1) is 0 Å². The van der Waals surface area contributed by atoms with Crippen LogP contribution in [0.1, 0.15) is 44.7 Å². The lowest BCUT2D eigenvalue weighted by Gasteiger charge is -2.19. The Hall–Kier alpha value is -1.84. The first-order valence-corrected chi connectivity index (χ1v) is 8.43. The molecule has 0 aliphatic carbocycles. The highest BCUT2D eigenvalue weighted by Crippen LogP contribution is 2.25. The molecule has 3 heteroatoms. The number of para-hydroxylation sites is 1. The Labute approximate surface area is 139 Å². The van der Waals surface area contributed by atoms with Crippen molar-refractivity contribution in [3.63, 3.8) is 0 Å². The van der Waals surface area contributed by atoms with Crippen molar-refractivity contribution < 1.29 is 9.84 Å². The number of benzene rings is 2. The van der Waals surface area contributed by atoms with E-state index < -0.39 is 0 Å². The maximum absolute atomic E-state index is 9.39. The molecule has 2 atom stereocenters. The quantitative estimate of drug-likeness (QED) is 0.706. The molecule has 0 aliphatic heterocycles. The second kappa shape index (κ2) is 9.33. The molecular formula is C20H27NO2. The number of hydrogen-bond donors (Lipinski definition) is 2. The maximum Gasteiger partial charge on any atom is 0.127 e. The number of nitrogens with one attached hydrogen (secondary N) is 1. The highest BCUT2D eigenvalue weighted by molar-refractivity contribution is 5.33. The number of aliphatic hydroxyl groups is 1. The lowest BCUT2D eigenvalue weighted by atomic mass is 10.0. The summed E-state index contributed by atoms with van der Waals surface area (Å²) in [7, 11) is 0. The number of ether oxygens (including phenoxy) is 1. The third-order valence-electron chi connectivity index (χ3n) is 3.79. The molecule has 0 radical (unpaired) electrons. The molecule has 0 heterocycles. The van der Waals surface area contributed by atoms with Gasteiger partial charge >= 0.3 is 0 Å². The van der Waals surface area contributed by atoms with Gasteiger partial charge < -0.3 is 15.2 Å². The van der Waals surface area contributed by atoms with Gasteiger partial charge in [0, 0.05) is 6.04 Å². The van der Waals surface area contributed by atoms with Gasteiger partial charge in [0.15, 0.2) is 0 Å². The van der Waals surface area contributed by atoms with Crippen LogP contribution < -0.4 is 10.1 Å². The fraction of sp³-hybridized carbons (Fsp3) is 0.400. The first kappa shape index (κ1) is 17.5. The van der Waals surface area contributed by atoms with E-state index in [4.69, 9.17) is 4.74 Å². The summed E-state index contributed by atoms with van der Waals surface area (Å²) in [6, 6.07) is 18.4. The Morgan fingerprint density at radius 3 is 2.22 bits per heavy atom. The van der Waals surface area contributed by atoms with Crippen molar-refractivity contribution in [1.82, 2.24) is 5.32 Å². The van der Waals surface area contributed by atoms with Crippen LogP contribution >= 0.6 is 0 Å². The van der Waals surface area contributed by atoms with E-state index in [0.29, 0.717) is 6.04 Å². The molecule has 23 heavy (non-hydrogen) atoms. The Bertz CT molecular complexity index is 552. The molecule has 0 bridgehead atoms. The first-order valence-electron chi connectivity index (χ1n) is 8.43. The van der Waals surface area contributed by atoms with Gasteiger partial charge in [0.2, 0.25) is 0 Å². The molecule has 0 spiro atoms. The van der Waals surface area contributed by atoms with Gasteiger partial charge in [0.25, 0.3) is 0 Å². The molecule has 0 aromatic heterocycles. The van der Waals surface area contributed by atoms with Crippen LogP contribution in [-0.4, -0.2) is 17.8 Å². The zero-order chi connectivity index (χ0) is 16.5. The predicted molar refractivity (Wildman–Crippen MR) is 94.9 cm³/mol. The lowest BCUT2D eigenvalue weighted by Crippen LogP contribution is -2.24. The van der Waals surface area contributed by atoms with E-state index in [2.05, 4.69) is 24.4 Å². The summed E-state index contributed by atoms with van der Waals surface area (Å²) in [5, 5.41) is 12.9. The van der Waals surface area contributed by atoms with Crippen molar-refractivity contribution in [1.29, 1.82) is 0 Å². The molecular weight excluding hydrogens is 286 g/mol. The van der Waals surface area contributed by atoms with Crippen molar-refractivity contribution >= 4 is 0 Å². The van der Waals surface area contributed by atoms with E-state index >= 15 is 0 Å². The van der Waals surface area contributed by atoms with E-state index in [1.165, 1.54) is 5.56 Å². The van der Waals surface area contributed by atoms with Gasteiger partial charge in [-0.3, -0.25) is 0 Å². The summed E-state index contributed by atoms with van der Waals surface area (Å²) in [5.41, 5.74) is 1.26. The summed E-state index contributed by atoms with van der Waals surface area (Å²) >= 11 is 0. The second-order valence-electron chi connectivity index (χ2n) is 5.92. The molecule has 2 N–H and O–H groups in total. The van der Waals surface area contributed by atoms with Crippen LogP contribution in [0.5, 0.6) is 11.5 Å². The van der Waals surface area contributed by atoms with Crippen molar-refractivity contribution in [2.24, 2.45) is 0 Å². The molecule has 3 nitrogen and oxygen atoms in total. The minimum atomic E-state index is -0.258. The molecule has 0 saturated heterocycles. The Morgan fingerprint density at radius 1 is 0.957 bits per heavy atom. The maximum atomic E-state index is 9.39. The van der Waals surface area contributed by atoms with E-state index in [9.17, 15) is 5.11 Å². The number of aliphatic hydroxyl groups excluding tert-OH is 1. The van der Waals surface area contributed by atoms with Crippen molar-refractivity contribution in [3.8, 4) is 11.5 Å². The summed E-state index contributed by atoms with van der Waals surface area (Å²) in [4.78, 5) is 0. The standard InChI is InChI=1S/C20H27NO2/c1-3-7-20(21-15-14-16(2)22)17-10-12-19(13-11-17)23-18-8-5-4-6-9-18/h4-6,8-13,16,20-22H,3,7,14-15H2,1-2H3/t16-,20?/m0/s1. The van der Waals surface area contributed by atoms with Crippen molar-refractivity contribution in [2.45, 2.75) is 45.3 Å². The average Bonchev–Trinajstić information content (AvgIpc) is 2.55. The van der Waals surface area contributed by atoms with E-state index in [1.54, 1.807) is 0 Å². The number of hydrogen-bond acceptors (Lipinski definition) is 3.